The summed E-state index contributed by atoms with van der Waals surface area (Å²) in [6, 6.07) is 12.0. The highest BCUT2D eigenvalue weighted by molar-refractivity contribution is 7.99. The van der Waals surface area contributed by atoms with Crippen LogP contribution in [0.2, 0.25) is 0 Å². The van der Waals surface area contributed by atoms with E-state index in [2.05, 4.69) is 10.4 Å². The van der Waals surface area contributed by atoms with Crippen LogP contribution in [0.1, 0.15) is 32.2 Å². The lowest BCUT2D eigenvalue weighted by Crippen LogP contribution is -2.34. The van der Waals surface area contributed by atoms with E-state index in [0.29, 0.717) is 18.8 Å². The van der Waals surface area contributed by atoms with Crippen molar-refractivity contribution in [1.82, 2.24) is 15.1 Å². The van der Waals surface area contributed by atoms with Gasteiger partial charge in [0.15, 0.2) is 0 Å². The number of carbonyl (C=O) groups is 1. The third kappa shape index (κ3) is 7.49. The number of aryl methyl sites for hydroxylation is 1. The maximum Gasteiger partial charge on any atom is 0.407 e. The SMILES string of the molecule is Cc1nn(CCNC(=O)OC(C)(C)C)c(COc2ccc(F)cc2)c1Sc1ccc(F)cc1. The molecule has 3 rings (SSSR count). The Kier molecular flexibility index (Phi) is 7.97. The van der Waals surface area contributed by atoms with Crippen molar-refractivity contribution in [3.8, 4) is 5.75 Å². The summed E-state index contributed by atoms with van der Waals surface area (Å²) in [5.41, 5.74) is 0.982. The van der Waals surface area contributed by atoms with Gasteiger partial charge in [0, 0.05) is 11.4 Å². The van der Waals surface area contributed by atoms with E-state index in [1.807, 2.05) is 6.92 Å². The molecule has 0 aliphatic carbocycles. The van der Waals surface area contributed by atoms with Gasteiger partial charge in [0.25, 0.3) is 0 Å². The molecule has 3 aromatic rings. The number of nitrogens with one attached hydrogen (secondary N) is 1. The Morgan fingerprint density at radius 1 is 1.06 bits per heavy atom. The largest absolute Gasteiger partial charge is 0.487 e. The molecule has 0 aliphatic heterocycles. The summed E-state index contributed by atoms with van der Waals surface area (Å²) in [5, 5.41) is 7.34. The quantitative estimate of drug-likeness (QED) is 0.451. The van der Waals surface area contributed by atoms with Gasteiger partial charge in [-0.3, -0.25) is 4.68 Å². The van der Waals surface area contributed by atoms with Gasteiger partial charge >= 0.3 is 6.09 Å². The maximum atomic E-state index is 13.3. The van der Waals surface area contributed by atoms with Gasteiger partial charge in [0.05, 0.1) is 22.8 Å². The van der Waals surface area contributed by atoms with Crippen LogP contribution in [-0.4, -0.2) is 28.0 Å². The Hall–Kier alpha value is -3.07. The number of benzene rings is 2. The van der Waals surface area contributed by atoms with Gasteiger partial charge < -0.3 is 14.8 Å². The summed E-state index contributed by atoms with van der Waals surface area (Å²) in [7, 11) is 0. The molecular formula is C24H27F2N3O3S. The fraction of sp³-hybridized carbons (Fsp3) is 0.333. The highest BCUT2D eigenvalue weighted by Crippen LogP contribution is 2.34. The number of hydrogen-bond acceptors (Lipinski definition) is 5. The molecule has 0 saturated heterocycles. The minimum absolute atomic E-state index is 0.183. The average molecular weight is 476 g/mol. The van der Waals surface area contributed by atoms with Crippen LogP contribution in [0.15, 0.2) is 58.3 Å². The predicted octanol–water partition coefficient (Wildman–Crippen LogP) is 5.72. The van der Waals surface area contributed by atoms with E-state index in [1.165, 1.54) is 36.0 Å². The van der Waals surface area contributed by atoms with E-state index >= 15 is 0 Å². The van der Waals surface area contributed by atoms with E-state index in [1.54, 1.807) is 49.7 Å². The van der Waals surface area contributed by atoms with Gasteiger partial charge in [-0.2, -0.15) is 5.10 Å². The zero-order valence-electron chi connectivity index (χ0n) is 19.0. The van der Waals surface area contributed by atoms with E-state index in [4.69, 9.17) is 9.47 Å². The van der Waals surface area contributed by atoms with Crippen molar-refractivity contribution < 1.29 is 23.0 Å². The van der Waals surface area contributed by atoms with Crippen molar-refractivity contribution in [3.63, 3.8) is 0 Å². The summed E-state index contributed by atoms with van der Waals surface area (Å²) in [6.45, 7) is 8.16. The smallest absolute Gasteiger partial charge is 0.407 e. The Labute approximate surface area is 196 Å². The van der Waals surface area contributed by atoms with Crippen LogP contribution >= 0.6 is 11.8 Å². The first-order valence-corrected chi connectivity index (χ1v) is 11.3. The molecule has 0 unspecified atom stereocenters. The Morgan fingerprint density at radius 3 is 2.27 bits per heavy atom. The number of amides is 1. The zero-order chi connectivity index (χ0) is 24.0. The Bertz CT molecular complexity index is 1080. The number of alkyl carbamates (subject to hydrolysis) is 1. The minimum Gasteiger partial charge on any atom is -0.487 e. The molecule has 0 atom stereocenters. The van der Waals surface area contributed by atoms with Crippen molar-refractivity contribution >= 4 is 17.9 Å². The molecule has 0 saturated carbocycles. The van der Waals surface area contributed by atoms with E-state index in [9.17, 15) is 13.6 Å². The lowest BCUT2D eigenvalue weighted by atomic mass is 10.2. The number of carbonyl (C=O) groups excluding carboxylic acids is 1. The van der Waals surface area contributed by atoms with E-state index < -0.39 is 11.7 Å². The van der Waals surface area contributed by atoms with Crippen LogP contribution in [0.25, 0.3) is 0 Å². The third-order valence-corrected chi connectivity index (χ3v) is 5.63. The van der Waals surface area contributed by atoms with Gasteiger partial charge in [-0.1, -0.05) is 11.8 Å². The molecule has 33 heavy (non-hydrogen) atoms. The highest BCUT2D eigenvalue weighted by Gasteiger charge is 2.19. The monoisotopic (exact) mass is 475 g/mol. The van der Waals surface area contributed by atoms with Crippen molar-refractivity contribution in [1.29, 1.82) is 0 Å². The molecule has 0 bridgehead atoms. The topological polar surface area (TPSA) is 65.4 Å². The Morgan fingerprint density at radius 2 is 1.67 bits per heavy atom. The molecule has 1 N–H and O–H groups in total. The van der Waals surface area contributed by atoms with Crippen molar-refractivity contribution in [3.05, 3.63) is 71.6 Å². The highest BCUT2D eigenvalue weighted by atomic mass is 32.2. The normalized spacial score (nSPS) is 11.3. The van der Waals surface area contributed by atoms with Gasteiger partial charge in [-0.25, -0.2) is 13.6 Å². The third-order valence-electron chi connectivity index (χ3n) is 4.39. The van der Waals surface area contributed by atoms with Gasteiger partial charge in [0.1, 0.15) is 29.6 Å². The number of aromatic nitrogens is 2. The first kappa shape index (κ1) is 24.6. The van der Waals surface area contributed by atoms with Crippen LogP contribution in [0, 0.1) is 18.6 Å². The first-order valence-electron chi connectivity index (χ1n) is 10.5. The average Bonchev–Trinajstić information content (AvgIpc) is 3.02. The number of rotatable bonds is 8. The van der Waals surface area contributed by atoms with Gasteiger partial charge in [-0.15, -0.1) is 0 Å². The standard InChI is InChI=1S/C24H27F2N3O3S/c1-16-22(33-20-11-7-18(26)8-12-20)21(15-31-19-9-5-17(25)6-10-19)29(28-16)14-13-27-23(30)32-24(2,3)4/h5-12H,13-15H2,1-4H3,(H,27,30). The first-order chi connectivity index (χ1) is 15.6. The predicted molar refractivity (Wildman–Crippen MR) is 122 cm³/mol. The van der Waals surface area contributed by atoms with Gasteiger partial charge in [0.2, 0.25) is 0 Å². The van der Waals surface area contributed by atoms with Crippen LogP contribution in [0.3, 0.4) is 0 Å². The molecule has 0 aliphatic rings. The molecule has 6 nitrogen and oxygen atoms in total. The summed E-state index contributed by atoms with van der Waals surface area (Å²) in [6.07, 6.45) is -0.503. The molecule has 1 aromatic heterocycles. The molecule has 0 radical (unpaired) electrons. The van der Waals surface area contributed by atoms with Crippen molar-refractivity contribution in [2.45, 2.75) is 56.2 Å². The zero-order valence-corrected chi connectivity index (χ0v) is 19.8. The minimum atomic E-state index is -0.584. The second-order valence-corrected chi connectivity index (χ2v) is 9.40. The number of ether oxygens (including phenoxy) is 2. The molecule has 1 amide bonds. The fourth-order valence-electron chi connectivity index (χ4n) is 2.95. The van der Waals surface area contributed by atoms with E-state index in [-0.39, 0.29) is 18.2 Å². The lowest BCUT2D eigenvalue weighted by Gasteiger charge is -2.19. The maximum absolute atomic E-state index is 13.3. The van der Waals surface area contributed by atoms with Crippen molar-refractivity contribution in [2.75, 3.05) is 6.54 Å². The molecule has 9 heteroatoms. The Balaban J connectivity index is 1.77. The second kappa shape index (κ2) is 10.7. The van der Waals surface area contributed by atoms with Crippen LogP contribution in [0.4, 0.5) is 13.6 Å². The second-order valence-electron chi connectivity index (χ2n) is 8.31. The molecule has 176 valence electrons. The molecule has 0 spiro atoms. The summed E-state index contributed by atoms with van der Waals surface area (Å²) in [5.74, 6) is -0.129. The van der Waals surface area contributed by atoms with Crippen molar-refractivity contribution in [2.24, 2.45) is 0 Å². The summed E-state index contributed by atoms with van der Waals surface area (Å²) < 4.78 is 39.4. The summed E-state index contributed by atoms with van der Waals surface area (Å²) >= 11 is 1.45. The number of hydrogen-bond donors (Lipinski definition) is 1. The van der Waals surface area contributed by atoms with Crippen LogP contribution in [-0.2, 0) is 17.9 Å². The summed E-state index contributed by atoms with van der Waals surface area (Å²) in [4.78, 5) is 13.7. The number of halogens is 2. The molecule has 2 aromatic carbocycles. The molecular weight excluding hydrogens is 448 g/mol. The van der Waals surface area contributed by atoms with Gasteiger partial charge in [-0.05, 0) is 76.2 Å². The van der Waals surface area contributed by atoms with E-state index in [0.717, 1.165) is 21.2 Å². The lowest BCUT2D eigenvalue weighted by molar-refractivity contribution is 0.0525. The molecule has 1 heterocycles. The molecule has 0 fully saturated rings. The fourth-order valence-corrected chi connectivity index (χ4v) is 3.93. The van der Waals surface area contributed by atoms with Crippen LogP contribution < -0.4 is 10.1 Å². The number of nitrogens with zero attached hydrogens (tertiary/aromatic N) is 2. The van der Waals surface area contributed by atoms with Crippen LogP contribution in [0.5, 0.6) is 5.75 Å².